The lowest BCUT2D eigenvalue weighted by Crippen LogP contribution is -2.44. The molecule has 3 aromatic heterocycles. The lowest BCUT2D eigenvalue weighted by molar-refractivity contribution is -0.118. The molecule has 3 aromatic rings. The van der Waals surface area contributed by atoms with Crippen LogP contribution in [-0.2, 0) is 11.8 Å². The maximum absolute atomic E-state index is 14.0. The van der Waals surface area contributed by atoms with Gasteiger partial charge in [0.15, 0.2) is 10.9 Å². The molecule has 11 heteroatoms. The lowest BCUT2D eigenvalue weighted by atomic mass is 9.97. The highest BCUT2D eigenvalue weighted by atomic mass is 32.1. The van der Waals surface area contributed by atoms with Crippen molar-refractivity contribution in [3.63, 3.8) is 0 Å². The molecule has 1 aliphatic carbocycles. The second-order valence-electron chi connectivity index (χ2n) is 8.26. The lowest BCUT2D eigenvalue weighted by Gasteiger charge is -2.20. The Morgan fingerprint density at radius 3 is 2.76 bits per heavy atom. The number of amides is 2. The second kappa shape index (κ2) is 10.1. The molecule has 0 saturated heterocycles. The first-order valence-corrected chi connectivity index (χ1v) is 11.6. The minimum absolute atomic E-state index is 0.235. The Bertz CT molecular complexity index is 1140. The van der Waals surface area contributed by atoms with Crippen LogP contribution >= 0.6 is 11.3 Å². The van der Waals surface area contributed by atoms with Gasteiger partial charge in [0.2, 0.25) is 5.91 Å². The largest absolute Gasteiger partial charge is 0.339 e. The van der Waals surface area contributed by atoms with Gasteiger partial charge in [-0.3, -0.25) is 19.3 Å². The average Bonchev–Trinajstić information content (AvgIpc) is 3.53. The number of aromatic nitrogens is 4. The Labute approximate surface area is 194 Å². The van der Waals surface area contributed by atoms with E-state index in [0.717, 1.165) is 43.2 Å². The van der Waals surface area contributed by atoms with Crippen LogP contribution in [0.1, 0.15) is 47.5 Å². The van der Waals surface area contributed by atoms with Crippen molar-refractivity contribution in [3.8, 4) is 0 Å². The number of pyridine rings is 1. The van der Waals surface area contributed by atoms with Gasteiger partial charge in [0, 0.05) is 18.9 Å². The monoisotopic (exact) mass is 471 g/mol. The molecule has 1 fully saturated rings. The van der Waals surface area contributed by atoms with Crippen LogP contribution < -0.4 is 16.0 Å². The molecule has 3 heterocycles. The van der Waals surface area contributed by atoms with E-state index in [1.54, 1.807) is 37.1 Å². The first-order chi connectivity index (χ1) is 15.9. The highest BCUT2D eigenvalue weighted by Crippen LogP contribution is 2.29. The van der Waals surface area contributed by atoms with Gasteiger partial charge in [-0.25, -0.2) is 9.37 Å². The Kier molecular flexibility index (Phi) is 6.97. The molecule has 1 atom stereocenters. The number of nitrogens with one attached hydrogen (secondary N) is 3. The van der Waals surface area contributed by atoms with Crippen LogP contribution in [0, 0.1) is 18.7 Å². The molecule has 0 bridgehead atoms. The van der Waals surface area contributed by atoms with Crippen LogP contribution in [0.15, 0.2) is 30.9 Å². The van der Waals surface area contributed by atoms with Crippen molar-refractivity contribution in [2.24, 2.45) is 13.0 Å². The molecule has 1 aliphatic rings. The molecule has 33 heavy (non-hydrogen) atoms. The van der Waals surface area contributed by atoms with Crippen molar-refractivity contribution in [2.45, 2.75) is 45.1 Å². The van der Waals surface area contributed by atoms with Gasteiger partial charge in [-0.1, -0.05) is 37.0 Å². The van der Waals surface area contributed by atoms with Crippen molar-refractivity contribution in [1.29, 1.82) is 0 Å². The van der Waals surface area contributed by atoms with E-state index in [-0.39, 0.29) is 11.6 Å². The fraction of sp³-hybridized carbons (Fsp3) is 0.409. The molecule has 1 saturated carbocycles. The Morgan fingerprint density at radius 2 is 2.03 bits per heavy atom. The number of nitrogens with zero attached hydrogens (tertiary/aromatic N) is 4. The molecule has 9 nitrogen and oxygen atoms in total. The van der Waals surface area contributed by atoms with Crippen LogP contribution in [-0.4, -0.2) is 37.6 Å². The first-order valence-electron chi connectivity index (χ1n) is 10.8. The zero-order valence-electron chi connectivity index (χ0n) is 18.5. The fourth-order valence-electron chi connectivity index (χ4n) is 3.95. The summed E-state index contributed by atoms with van der Waals surface area (Å²) < 4.78 is 15.6. The molecule has 4 rings (SSSR count). The smallest absolute Gasteiger partial charge is 0.263 e. The van der Waals surface area contributed by atoms with Crippen LogP contribution in [0.2, 0.25) is 0 Å². The zero-order valence-corrected chi connectivity index (χ0v) is 19.3. The number of carbonyl (C=O) groups excluding carboxylic acids is 2. The van der Waals surface area contributed by atoms with Crippen molar-refractivity contribution >= 4 is 39.7 Å². The highest BCUT2D eigenvalue weighted by Gasteiger charge is 2.28. The van der Waals surface area contributed by atoms with E-state index in [1.807, 2.05) is 0 Å². The third kappa shape index (κ3) is 5.92. The zero-order chi connectivity index (χ0) is 23.4. The minimum Gasteiger partial charge on any atom is -0.339 e. The van der Waals surface area contributed by atoms with Crippen molar-refractivity contribution in [1.82, 2.24) is 25.1 Å². The first kappa shape index (κ1) is 22.8. The van der Waals surface area contributed by atoms with E-state index < -0.39 is 17.8 Å². The summed E-state index contributed by atoms with van der Waals surface area (Å²) in [7, 11) is 1.77. The van der Waals surface area contributed by atoms with Crippen LogP contribution in [0.3, 0.4) is 0 Å². The second-order valence-corrected chi connectivity index (χ2v) is 9.30. The predicted molar refractivity (Wildman–Crippen MR) is 124 cm³/mol. The number of hydrogen-bond donors (Lipinski definition) is 3. The van der Waals surface area contributed by atoms with Gasteiger partial charge < -0.3 is 16.0 Å². The molecule has 0 unspecified atom stereocenters. The quantitative estimate of drug-likeness (QED) is 0.461. The predicted octanol–water partition coefficient (Wildman–Crippen LogP) is 3.78. The van der Waals surface area contributed by atoms with E-state index >= 15 is 0 Å². The van der Waals surface area contributed by atoms with Gasteiger partial charge in [-0.2, -0.15) is 5.10 Å². The van der Waals surface area contributed by atoms with Crippen LogP contribution in [0.25, 0.3) is 0 Å². The van der Waals surface area contributed by atoms with Gasteiger partial charge >= 0.3 is 0 Å². The van der Waals surface area contributed by atoms with Crippen molar-refractivity contribution in [2.75, 3.05) is 10.6 Å². The normalized spacial score (nSPS) is 14.8. The van der Waals surface area contributed by atoms with E-state index in [4.69, 9.17) is 0 Å². The fourth-order valence-corrected chi connectivity index (χ4v) is 4.68. The molecule has 3 N–H and O–H groups in total. The molecule has 0 spiro atoms. The summed E-state index contributed by atoms with van der Waals surface area (Å²) in [5, 5.41) is 13.0. The number of carbonyl (C=O) groups is 2. The van der Waals surface area contributed by atoms with E-state index in [2.05, 4.69) is 31.0 Å². The third-order valence-electron chi connectivity index (χ3n) is 5.60. The number of halogens is 1. The molecule has 2 amide bonds. The summed E-state index contributed by atoms with van der Waals surface area (Å²) in [5.41, 5.74) is 1.47. The van der Waals surface area contributed by atoms with Gasteiger partial charge in [0.1, 0.15) is 10.9 Å². The molecular weight excluding hydrogens is 445 g/mol. The van der Waals surface area contributed by atoms with E-state index in [9.17, 15) is 14.0 Å². The SMILES string of the molecule is Cc1cc(Nc2ncc(C(=O)N[C@@H](CC3CCCC3)C(=O)Nc3cnn(C)c3)s2)c(F)cn1. The Morgan fingerprint density at radius 1 is 1.24 bits per heavy atom. The van der Waals surface area contributed by atoms with Gasteiger partial charge in [0.05, 0.1) is 30.0 Å². The molecule has 0 radical (unpaired) electrons. The van der Waals surface area contributed by atoms with Gasteiger partial charge in [0.25, 0.3) is 5.91 Å². The van der Waals surface area contributed by atoms with Gasteiger partial charge in [-0.05, 0) is 25.3 Å². The standard InChI is InChI=1S/C22H26FN7O2S/c1-13-7-17(16(23)10-24-13)29-22-25-11-19(33-22)21(32)28-18(8-14-5-3-4-6-14)20(31)27-15-9-26-30(2)12-15/h7,9-12,14,18H,3-6,8H2,1-2H3,(H,27,31)(H,28,32)(H,24,25,29)/t18-/m0/s1. The maximum atomic E-state index is 14.0. The maximum Gasteiger partial charge on any atom is 0.263 e. The van der Waals surface area contributed by atoms with Gasteiger partial charge in [-0.15, -0.1) is 0 Å². The highest BCUT2D eigenvalue weighted by molar-refractivity contribution is 7.17. The molecular formula is C22H26FN7O2S. The van der Waals surface area contributed by atoms with Crippen molar-refractivity contribution < 1.29 is 14.0 Å². The summed E-state index contributed by atoms with van der Waals surface area (Å²) in [6, 6.07) is 0.885. The topological polar surface area (TPSA) is 114 Å². The van der Waals surface area contributed by atoms with Crippen LogP contribution in [0.5, 0.6) is 0 Å². The Hall–Kier alpha value is -3.34. The minimum atomic E-state index is -0.681. The number of thiazole rings is 1. The molecule has 0 aliphatic heterocycles. The Balaban J connectivity index is 1.44. The van der Waals surface area contributed by atoms with Crippen molar-refractivity contribution in [3.05, 3.63) is 47.2 Å². The van der Waals surface area contributed by atoms with E-state index in [1.165, 1.54) is 6.20 Å². The summed E-state index contributed by atoms with van der Waals surface area (Å²) in [6.45, 7) is 1.76. The third-order valence-corrected chi connectivity index (χ3v) is 6.51. The average molecular weight is 472 g/mol. The summed E-state index contributed by atoms with van der Waals surface area (Å²) in [6.07, 6.45) is 10.8. The molecule has 0 aromatic carbocycles. The van der Waals surface area contributed by atoms with E-state index in [0.29, 0.717) is 33.7 Å². The summed E-state index contributed by atoms with van der Waals surface area (Å²) >= 11 is 1.09. The number of aryl methyl sites for hydroxylation is 2. The molecule has 174 valence electrons. The number of hydrogen-bond acceptors (Lipinski definition) is 7. The summed E-state index contributed by atoms with van der Waals surface area (Å²) in [5.74, 6) is -0.784. The van der Waals surface area contributed by atoms with Crippen LogP contribution in [0.4, 0.5) is 20.9 Å². The summed E-state index contributed by atoms with van der Waals surface area (Å²) in [4.78, 5) is 34.3. The number of anilines is 3. The number of rotatable bonds is 8.